The van der Waals surface area contributed by atoms with E-state index >= 15 is 0 Å². The van der Waals surface area contributed by atoms with Gasteiger partial charge in [0.1, 0.15) is 5.75 Å². The Hall–Kier alpha value is -1.06. The number of benzene rings is 1. The molecule has 0 aliphatic heterocycles. The minimum Gasteiger partial charge on any atom is -0.491 e. The molecule has 3 heteroatoms. The van der Waals surface area contributed by atoms with Crippen LogP contribution in [-0.2, 0) is 6.54 Å². The van der Waals surface area contributed by atoms with E-state index < -0.39 is 0 Å². The Balaban J connectivity index is 2.50. The summed E-state index contributed by atoms with van der Waals surface area (Å²) in [5.41, 5.74) is 1.24. The van der Waals surface area contributed by atoms with Gasteiger partial charge in [0.15, 0.2) is 0 Å². The zero-order valence-electron chi connectivity index (χ0n) is 11.9. The summed E-state index contributed by atoms with van der Waals surface area (Å²) in [7, 11) is 2.07. The average Bonchev–Trinajstić information content (AvgIpc) is 2.26. The molecule has 0 aliphatic carbocycles. The molecule has 3 nitrogen and oxygen atoms in total. The van der Waals surface area contributed by atoms with Crippen LogP contribution in [0.2, 0.25) is 0 Å². The molecule has 1 atom stereocenters. The fourth-order valence-electron chi connectivity index (χ4n) is 1.79. The van der Waals surface area contributed by atoms with Gasteiger partial charge >= 0.3 is 0 Å². The summed E-state index contributed by atoms with van der Waals surface area (Å²) in [5, 5.41) is 9.26. The molecule has 0 amide bonds. The smallest absolute Gasteiger partial charge is 0.120 e. The highest BCUT2D eigenvalue weighted by Gasteiger charge is 2.04. The first kappa shape index (κ1) is 15.0. The molecule has 102 valence electrons. The Bertz CT molecular complexity index is 350. The molecule has 0 aromatic heterocycles. The maximum absolute atomic E-state index is 9.26. The molecule has 0 radical (unpaired) electrons. The van der Waals surface area contributed by atoms with Gasteiger partial charge in [0.2, 0.25) is 0 Å². The lowest BCUT2D eigenvalue weighted by molar-refractivity contribution is 0.163. The molecular formula is C15H25NO2. The maximum atomic E-state index is 9.26. The van der Waals surface area contributed by atoms with Crippen LogP contribution in [0.4, 0.5) is 0 Å². The van der Waals surface area contributed by atoms with Gasteiger partial charge in [-0.3, -0.25) is 0 Å². The molecule has 0 bridgehead atoms. The maximum Gasteiger partial charge on any atom is 0.120 e. The minimum absolute atomic E-state index is 0.202. The fourth-order valence-corrected chi connectivity index (χ4v) is 1.79. The molecule has 0 saturated heterocycles. The van der Waals surface area contributed by atoms with Crippen molar-refractivity contribution in [2.45, 2.75) is 45.9 Å². The van der Waals surface area contributed by atoms with E-state index in [0.29, 0.717) is 0 Å². The van der Waals surface area contributed by atoms with Crippen LogP contribution in [0.15, 0.2) is 24.3 Å². The highest BCUT2D eigenvalue weighted by Crippen LogP contribution is 2.16. The van der Waals surface area contributed by atoms with Gasteiger partial charge in [0.05, 0.1) is 12.2 Å². The zero-order chi connectivity index (χ0) is 13.5. The summed E-state index contributed by atoms with van der Waals surface area (Å²) in [6, 6.07) is 8.19. The minimum atomic E-state index is -0.233. The van der Waals surface area contributed by atoms with Crippen LogP contribution in [0.5, 0.6) is 5.75 Å². The Labute approximate surface area is 110 Å². The van der Waals surface area contributed by atoms with Gasteiger partial charge < -0.3 is 14.7 Å². The summed E-state index contributed by atoms with van der Waals surface area (Å²) < 4.78 is 5.68. The summed E-state index contributed by atoms with van der Waals surface area (Å²) in [4.78, 5) is 2.21. The average molecular weight is 251 g/mol. The van der Waals surface area contributed by atoms with E-state index in [1.54, 1.807) is 0 Å². The molecule has 18 heavy (non-hydrogen) atoms. The molecule has 0 spiro atoms. The van der Waals surface area contributed by atoms with Crippen LogP contribution in [0, 0.1) is 0 Å². The molecule has 0 aliphatic rings. The van der Waals surface area contributed by atoms with Gasteiger partial charge in [0, 0.05) is 13.1 Å². The molecule has 1 aromatic rings. The number of aliphatic hydroxyl groups is 1. The van der Waals surface area contributed by atoms with E-state index in [1.165, 1.54) is 5.56 Å². The fraction of sp³-hybridized carbons (Fsp3) is 0.600. The van der Waals surface area contributed by atoms with E-state index in [1.807, 2.05) is 32.9 Å². The Morgan fingerprint density at radius 3 is 2.61 bits per heavy atom. The van der Waals surface area contributed by atoms with Crippen molar-refractivity contribution in [1.29, 1.82) is 0 Å². The second-order valence-corrected chi connectivity index (χ2v) is 5.19. The molecule has 0 saturated carbocycles. The van der Waals surface area contributed by atoms with E-state index in [9.17, 15) is 5.11 Å². The number of ether oxygens (including phenoxy) is 1. The number of rotatable bonds is 7. The first-order valence-corrected chi connectivity index (χ1v) is 6.59. The Morgan fingerprint density at radius 1 is 1.28 bits per heavy atom. The van der Waals surface area contributed by atoms with Crippen molar-refractivity contribution < 1.29 is 9.84 Å². The number of hydrogen-bond acceptors (Lipinski definition) is 3. The third-order valence-corrected chi connectivity index (χ3v) is 2.65. The van der Waals surface area contributed by atoms with Crippen molar-refractivity contribution in [2.75, 3.05) is 13.6 Å². The van der Waals surface area contributed by atoms with E-state index in [2.05, 4.69) is 24.1 Å². The van der Waals surface area contributed by atoms with E-state index in [-0.39, 0.29) is 12.2 Å². The van der Waals surface area contributed by atoms with E-state index in [4.69, 9.17) is 4.74 Å². The summed E-state index contributed by atoms with van der Waals surface area (Å²) in [6.45, 7) is 7.66. The SMILES string of the molecule is CC(O)CCN(C)Cc1cccc(OC(C)C)c1. The van der Waals surface area contributed by atoms with Crippen molar-refractivity contribution in [1.82, 2.24) is 4.90 Å². The second-order valence-electron chi connectivity index (χ2n) is 5.19. The van der Waals surface area contributed by atoms with Gasteiger partial charge in [-0.25, -0.2) is 0 Å². The zero-order valence-corrected chi connectivity index (χ0v) is 11.9. The van der Waals surface area contributed by atoms with Crippen molar-refractivity contribution in [3.8, 4) is 5.75 Å². The number of aliphatic hydroxyl groups excluding tert-OH is 1. The lowest BCUT2D eigenvalue weighted by atomic mass is 10.2. The monoisotopic (exact) mass is 251 g/mol. The molecular weight excluding hydrogens is 226 g/mol. The number of hydrogen-bond donors (Lipinski definition) is 1. The van der Waals surface area contributed by atoms with Gasteiger partial charge in [-0.05, 0) is 51.9 Å². The molecule has 0 heterocycles. The standard InChI is InChI=1S/C15H25NO2/c1-12(2)18-15-7-5-6-14(10-15)11-16(4)9-8-13(3)17/h5-7,10,12-13,17H,8-9,11H2,1-4H3. The molecule has 0 fully saturated rings. The van der Waals surface area contributed by atoms with Crippen LogP contribution in [-0.4, -0.2) is 35.8 Å². The lowest BCUT2D eigenvalue weighted by Gasteiger charge is -2.18. The largest absolute Gasteiger partial charge is 0.491 e. The third-order valence-electron chi connectivity index (χ3n) is 2.65. The van der Waals surface area contributed by atoms with Gasteiger partial charge in [-0.1, -0.05) is 12.1 Å². The van der Waals surface area contributed by atoms with E-state index in [0.717, 1.165) is 25.3 Å². The summed E-state index contributed by atoms with van der Waals surface area (Å²) in [5.74, 6) is 0.923. The lowest BCUT2D eigenvalue weighted by Crippen LogP contribution is -2.22. The van der Waals surface area contributed by atoms with Gasteiger partial charge in [0.25, 0.3) is 0 Å². The van der Waals surface area contributed by atoms with Gasteiger partial charge in [-0.15, -0.1) is 0 Å². The van der Waals surface area contributed by atoms with Crippen LogP contribution in [0.3, 0.4) is 0 Å². The molecule has 1 N–H and O–H groups in total. The summed E-state index contributed by atoms with van der Waals surface area (Å²) in [6.07, 6.45) is 0.773. The first-order valence-electron chi connectivity index (χ1n) is 6.59. The normalized spacial score (nSPS) is 13.1. The quantitative estimate of drug-likeness (QED) is 0.808. The third kappa shape index (κ3) is 6.03. The highest BCUT2D eigenvalue weighted by atomic mass is 16.5. The van der Waals surface area contributed by atoms with Gasteiger partial charge in [-0.2, -0.15) is 0 Å². The predicted octanol–water partition coefficient (Wildman–Crippen LogP) is 2.68. The second kappa shape index (κ2) is 7.39. The van der Waals surface area contributed by atoms with Crippen molar-refractivity contribution in [3.63, 3.8) is 0 Å². The predicted molar refractivity (Wildman–Crippen MR) is 74.8 cm³/mol. The van der Waals surface area contributed by atoms with Crippen LogP contribution < -0.4 is 4.74 Å². The highest BCUT2D eigenvalue weighted by molar-refractivity contribution is 5.28. The topological polar surface area (TPSA) is 32.7 Å². The Kier molecular flexibility index (Phi) is 6.16. The summed E-state index contributed by atoms with van der Waals surface area (Å²) >= 11 is 0. The molecule has 1 rings (SSSR count). The first-order chi connectivity index (χ1) is 8.47. The Morgan fingerprint density at radius 2 is 2.00 bits per heavy atom. The van der Waals surface area contributed by atoms with Crippen LogP contribution >= 0.6 is 0 Å². The van der Waals surface area contributed by atoms with Crippen LogP contribution in [0.1, 0.15) is 32.8 Å². The number of nitrogens with zero attached hydrogens (tertiary/aromatic N) is 1. The molecule has 1 aromatic carbocycles. The van der Waals surface area contributed by atoms with Crippen molar-refractivity contribution in [2.24, 2.45) is 0 Å². The van der Waals surface area contributed by atoms with Crippen LogP contribution in [0.25, 0.3) is 0 Å². The molecule has 1 unspecified atom stereocenters. The van der Waals surface area contributed by atoms with Crippen molar-refractivity contribution >= 4 is 0 Å². The van der Waals surface area contributed by atoms with Crippen molar-refractivity contribution in [3.05, 3.63) is 29.8 Å².